The molecule has 0 fully saturated rings. The van der Waals surface area contributed by atoms with Crippen molar-refractivity contribution in [2.24, 2.45) is 0 Å². The lowest BCUT2D eigenvalue weighted by molar-refractivity contribution is 0.0604. The zero-order valence-electron chi connectivity index (χ0n) is 9.96. The number of ether oxygens (including phenoxy) is 1. The average Bonchev–Trinajstić information content (AvgIpc) is 2.54. The minimum atomic E-state index is -1.05. The summed E-state index contributed by atoms with van der Waals surface area (Å²) in [7, 11) is 1.28. The molecule has 0 aliphatic carbocycles. The van der Waals surface area contributed by atoms with Crippen LogP contribution in [0.15, 0.2) is 3.79 Å². The van der Waals surface area contributed by atoms with Crippen molar-refractivity contribution in [3.63, 3.8) is 0 Å². The number of carbonyl (C=O) groups is 2. The number of methoxy groups -OCH3 is 1. The minimum absolute atomic E-state index is 0.142. The lowest BCUT2D eigenvalue weighted by Crippen LogP contribution is -2.19. The van der Waals surface area contributed by atoms with Crippen LogP contribution in [0.25, 0.3) is 0 Å². The van der Waals surface area contributed by atoms with E-state index in [1.54, 1.807) is 0 Å². The number of thiophene rings is 1. The molecule has 1 rings (SSSR count). The molecule has 0 amide bonds. The summed E-state index contributed by atoms with van der Waals surface area (Å²) in [4.78, 5) is 23.2. The molecule has 0 radical (unpaired) electrons. The third-order valence-corrected chi connectivity index (χ3v) is 4.04. The van der Waals surface area contributed by atoms with Gasteiger partial charge in [-0.05, 0) is 26.9 Å². The first-order chi connectivity index (χ1) is 7.70. The van der Waals surface area contributed by atoms with E-state index in [-0.39, 0.29) is 5.56 Å². The highest BCUT2D eigenvalue weighted by molar-refractivity contribution is 9.11. The van der Waals surface area contributed by atoms with E-state index in [2.05, 4.69) is 20.7 Å². The first-order valence-electron chi connectivity index (χ1n) is 4.84. The summed E-state index contributed by atoms with van der Waals surface area (Å²) < 4.78 is 5.12. The molecule has 1 aromatic heterocycles. The van der Waals surface area contributed by atoms with E-state index in [1.807, 2.05) is 20.8 Å². The maximum atomic E-state index is 11.6. The molecular formula is C11H13BrO4S. The van der Waals surface area contributed by atoms with Gasteiger partial charge in [-0.15, -0.1) is 11.3 Å². The van der Waals surface area contributed by atoms with Gasteiger partial charge in [0.1, 0.15) is 4.88 Å². The van der Waals surface area contributed by atoms with Gasteiger partial charge >= 0.3 is 11.9 Å². The maximum Gasteiger partial charge on any atom is 0.348 e. The summed E-state index contributed by atoms with van der Waals surface area (Å²) >= 11 is 4.28. The molecular weight excluding hydrogens is 308 g/mol. The van der Waals surface area contributed by atoms with E-state index in [4.69, 9.17) is 0 Å². The molecule has 1 aromatic rings. The van der Waals surface area contributed by atoms with Crippen LogP contribution in [0.2, 0.25) is 0 Å². The molecule has 0 atom stereocenters. The van der Waals surface area contributed by atoms with Gasteiger partial charge in [-0.25, -0.2) is 9.59 Å². The Labute approximate surface area is 112 Å². The number of rotatable bonds is 2. The van der Waals surface area contributed by atoms with Gasteiger partial charge in [0.2, 0.25) is 0 Å². The number of halogens is 1. The fourth-order valence-corrected chi connectivity index (χ4v) is 3.55. The van der Waals surface area contributed by atoms with E-state index in [9.17, 15) is 14.7 Å². The highest BCUT2D eigenvalue weighted by Gasteiger charge is 2.33. The standard InChI is InChI=1S/C11H13BrO4S/c1-11(2,3)6-5(9(13)14)8(12)17-7(6)10(15)16-4/h1-4H3,(H,13,14). The summed E-state index contributed by atoms with van der Waals surface area (Å²) in [5.41, 5.74) is 0.205. The number of carboxylic acid groups (broad SMARTS) is 1. The number of aromatic carboxylic acids is 1. The maximum absolute atomic E-state index is 11.6. The minimum Gasteiger partial charge on any atom is -0.478 e. The molecule has 17 heavy (non-hydrogen) atoms. The van der Waals surface area contributed by atoms with Crippen molar-refractivity contribution in [1.82, 2.24) is 0 Å². The van der Waals surface area contributed by atoms with E-state index < -0.39 is 17.4 Å². The predicted octanol–water partition coefficient (Wildman–Crippen LogP) is 3.29. The molecule has 94 valence electrons. The van der Waals surface area contributed by atoms with Crippen LogP contribution in [-0.2, 0) is 10.2 Å². The molecule has 0 unspecified atom stereocenters. The highest BCUT2D eigenvalue weighted by Crippen LogP contribution is 2.40. The topological polar surface area (TPSA) is 63.6 Å². The molecule has 1 heterocycles. The summed E-state index contributed by atoms with van der Waals surface area (Å²) in [5.74, 6) is -1.55. The van der Waals surface area contributed by atoms with Gasteiger partial charge in [0.25, 0.3) is 0 Å². The Hall–Kier alpha value is -0.880. The fourth-order valence-electron chi connectivity index (χ4n) is 1.55. The third-order valence-electron chi connectivity index (χ3n) is 2.20. The largest absolute Gasteiger partial charge is 0.478 e. The summed E-state index contributed by atoms with van der Waals surface area (Å²) in [6.07, 6.45) is 0. The lowest BCUT2D eigenvalue weighted by Gasteiger charge is -2.20. The van der Waals surface area contributed by atoms with Gasteiger partial charge in [0.05, 0.1) is 16.5 Å². The first kappa shape index (κ1) is 14.2. The Bertz CT molecular complexity index is 471. The van der Waals surface area contributed by atoms with Crippen LogP contribution in [0.4, 0.5) is 0 Å². The smallest absolute Gasteiger partial charge is 0.348 e. The second-order valence-corrected chi connectivity index (χ2v) is 6.84. The second kappa shape index (κ2) is 4.78. The average molecular weight is 321 g/mol. The Morgan fingerprint density at radius 3 is 2.24 bits per heavy atom. The molecule has 6 heteroatoms. The van der Waals surface area contributed by atoms with Crippen LogP contribution in [0, 0.1) is 0 Å². The third kappa shape index (κ3) is 2.69. The van der Waals surface area contributed by atoms with Crippen LogP contribution < -0.4 is 0 Å². The number of hydrogen-bond acceptors (Lipinski definition) is 4. The molecule has 0 spiro atoms. The van der Waals surface area contributed by atoms with Gasteiger partial charge in [-0.1, -0.05) is 20.8 Å². The Morgan fingerprint density at radius 1 is 1.35 bits per heavy atom. The van der Waals surface area contributed by atoms with Gasteiger partial charge in [-0.2, -0.15) is 0 Å². The Kier molecular flexibility index (Phi) is 3.99. The van der Waals surface area contributed by atoms with Crippen LogP contribution >= 0.6 is 27.3 Å². The van der Waals surface area contributed by atoms with Gasteiger partial charge in [-0.3, -0.25) is 0 Å². The molecule has 0 aromatic carbocycles. The molecule has 4 nitrogen and oxygen atoms in total. The van der Waals surface area contributed by atoms with Crippen molar-refractivity contribution in [1.29, 1.82) is 0 Å². The van der Waals surface area contributed by atoms with Crippen molar-refractivity contribution < 1.29 is 19.4 Å². The van der Waals surface area contributed by atoms with Crippen molar-refractivity contribution in [2.45, 2.75) is 26.2 Å². The number of carboxylic acids is 1. The molecule has 0 aliphatic heterocycles. The van der Waals surface area contributed by atoms with E-state index >= 15 is 0 Å². The normalized spacial score (nSPS) is 11.4. The zero-order chi connectivity index (χ0) is 13.4. The summed E-state index contributed by atoms with van der Waals surface area (Å²) in [5, 5.41) is 9.20. The molecule has 0 bridgehead atoms. The van der Waals surface area contributed by atoms with Crippen molar-refractivity contribution >= 4 is 39.2 Å². The van der Waals surface area contributed by atoms with Gasteiger partial charge in [0, 0.05) is 0 Å². The quantitative estimate of drug-likeness (QED) is 0.849. The zero-order valence-corrected chi connectivity index (χ0v) is 12.4. The second-order valence-electron chi connectivity index (χ2n) is 4.50. The SMILES string of the molecule is COC(=O)c1sc(Br)c(C(=O)O)c1C(C)(C)C. The van der Waals surface area contributed by atoms with Crippen molar-refractivity contribution in [2.75, 3.05) is 7.11 Å². The van der Waals surface area contributed by atoms with Crippen LogP contribution in [-0.4, -0.2) is 24.2 Å². The summed E-state index contributed by atoms with van der Waals surface area (Å²) in [6.45, 7) is 5.58. The first-order valence-corrected chi connectivity index (χ1v) is 6.45. The van der Waals surface area contributed by atoms with E-state index in [1.165, 1.54) is 7.11 Å². The van der Waals surface area contributed by atoms with Crippen LogP contribution in [0.5, 0.6) is 0 Å². The molecule has 0 aliphatic rings. The van der Waals surface area contributed by atoms with Gasteiger partial charge in [0.15, 0.2) is 0 Å². The van der Waals surface area contributed by atoms with E-state index in [0.717, 1.165) is 11.3 Å². The summed E-state index contributed by atoms with van der Waals surface area (Å²) in [6, 6.07) is 0. The van der Waals surface area contributed by atoms with Gasteiger partial charge < -0.3 is 9.84 Å². The number of hydrogen-bond donors (Lipinski definition) is 1. The fraction of sp³-hybridized carbons (Fsp3) is 0.455. The number of carbonyl (C=O) groups excluding carboxylic acids is 1. The van der Waals surface area contributed by atoms with Crippen molar-refractivity contribution in [3.8, 4) is 0 Å². The molecule has 0 saturated heterocycles. The lowest BCUT2D eigenvalue weighted by atomic mass is 9.84. The molecule has 0 saturated carbocycles. The van der Waals surface area contributed by atoms with Crippen LogP contribution in [0.1, 0.15) is 46.4 Å². The predicted molar refractivity (Wildman–Crippen MR) is 69.0 cm³/mol. The number of esters is 1. The monoisotopic (exact) mass is 320 g/mol. The van der Waals surface area contributed by atoms with E-state index in [0.29, 0.717) is 14.2 Å². The van der Waals surface area contributed by atoms with Crippen molar-refractivity contribution in [3.05, 3.63) is 19.8 Å². The molecule has 1 N–H and O–H groups in total. The highest BCUT2D eigenvalue weighted by atomic mass is 79.9. The Balaban J connectivity index is 3.59. The Morgan fingerprint density at radius 2 is 1.88 bits per heavy atom. The van der Waals surface area contributed by atoms with Crippen LogP contribution in [0.3, 0.4) is 0 Å².